The minimum absolute atomic E-state index is 0.105. The van der Waals surface area contributed by atoms with Gasteiger partial charge in [0.05, 0.1) is 6.04 Å². The first-order valence-corrected chi connectivity index (χ1v) is 8.64. The van der Waals surface area contributed by atoms with E-state index >= 15 is 0 Å². The fourth-order valence-corrected chi connectivity index (χ4v) is 3.53. The lowest BCUT2D eigenvalue weighted by molar-refractivity contribution is -0.127. The molecule has 0 aromatic carbocycles. The van der Waals surface area contributed by atoms with Crippen LogP contribution in [0, 0.1) is 12.8 Å². The Balaban J connectivity index is 1.46. The number of H-pyrrole nitrogens is 1. The highest BCUT2D eigenvalue weighted by molar-refractivity contribution is 5.79. The number of ether oxygens (including phenoxy) is 1. The van der Waals surface area contributed by atoms with Gasteiger partial charge in [0.2, 0.25) is 5.91 Å². The van der Waals surface area contributed by atoms with Crippen LogP contribution in [0.5, 0.6) is 0 Å². The van der Waals surface area contributed by atoms with Crippen LogP contribution in [-0.2, 0) is 9.53 Å². The molecule has 1 aromatic heterocycles. The summed E-state index contributed by atoms with van der Waals surface area (Å²) in [6.07, 6.45) is 4.11. The number of likely N-dealkylation sites (tertiary alicyclic amines) is 1. The predicted octanol–water partition coefficient (Wildman–Crippen LogP) is 1.18. The molecule has 2 N–H and O–H groups in total. The van der Waals surface area contributed by atoms with Crippen LogP contribution in [-0.4, -0.2) is 58.3 Å². The van der Waals surface area contributed by atoms with Crippen molar-refractivity contribution in [1.29, 1.82) is 0 Å². The van der Waals surface area contributed by atoms with E-state index in [0.717, 1.165) is 57.8 Å². The second-order valence-corrected chi connectivity index (χ2v) is 6.66. The van der Waals surface area contributed by atoms with Gasteiger partial charge in [-0.15, -0.1) is 0 Å². The van der Waals surface area contributed by atoms with Gasteiger partial charge in [-0.25, -0.2) is 4.98 Å². The van der Waals surface area contributed by atoms with Crippen molar-refractivity contribution < 1.29 is 9.53 Å². The molecule has 0 bridgehead atoms. The Morgan fingerprint density at radius 1 is 1.30 bits per heavy atom. The first-order valence-electron chi connectivity index (χ1n) is 8.64. The number of nitrogens with zero attached hydrogens (tertiary/aromatic N) is 3. The van der Waals surface area contributed by atoms with Crippen molar-refractivity contribution in [2.45, 2.75) is 51.6 Å². The average molecular weight is 321 g/mol. The molecule has 1 aromatic rings. The lowest BCUT2D eigenvalue weighted by Gasteiger charge is -2.38. The van der Waals surface area contributed by atoms with Crippen LogP contribution in [0.2, 0.25) is 0 Å². The molecule has 1 amide bonds. The van der Waals surface area contributed by atoms with E-state index < -0.39 is 0 Å². The monoisotopic (exact) mass is 321 g/mol. The summed E-state index contributed by atoms with van der Waals surface area (Å²) in [5, 5.41) is 9.98. The molecule has 3 rings (SSSR count). The van der Waals surface area contributed by atoms with Gasteiger partial charge >= 0.3 is 0 Å². The largest absolute Gasteiger partial charge is 0.381 e. The topological polar surface area (TPSA) is 83.1 Å². The summed E-state index contributed by atoms with van der Waals surface area (Å²) in [6, 6.07) is 0.490. The summed E-state index contributed by atoms with van der Waals surface area (Å²) in [5.74, 6) is 1.65. The fourth-order valence-electron chi connectivity index (χ4n) is 3.53. The van der Waals surface area contributed by atoms with Gasteiger partial charge in [-0.1, -0.05) is 0 Å². The normalized spacial score (nSPS) is 22.9. The van der Waals surface area contributed by atoms with Crippen LogP contribution in [0.15, 0.2) is 0 Å². The molecular weight excluding hydrogens is 294 g/mol. The molecule has 23 heavy (non-hydrogen) atoms. The van der Waals surface area contributed by atoms with E-state index in [0.29, 0.717) is 11.9 Å². The Kier molecular flexibility index (Phi) is 5.27. The Hall–Kier alpha value is -1.47. The predicted molar refractivity (Wildman–Crippen MR) is 85.8 cm³/mol. The van der Waals surface area contributed by atoms with Crippen LogP contribution >= 0.6 is 0 Å². The van der Waals surface area contributed by atoms with E-state index in [1.807, 2.05) is 13.8 Å². The molecule has 2 aliphatic heterocycles. The number of aromatic nitrogens is 3. The highest BCUT2D eigenvalue weighted by atomic mass is 16.5. The maximum Gasteiger partial charge on any atom is 0.223 e. The van der Waals surface area contributed by atoms with E-state index in [1.54, 1.807) is 0 Å². The molecule has 2 aliphatic rings. The first-order chi connectivity index (χ1) is 11.1. The molecule has 2 fully saturated rings. The van der Waals surface area contributed by atoms with Crippen molar-refractivity contribution in [3.63, 3.8) is 0 Å². The van der Waals surface area contributed by atoms with Gasteiger partial charge in [-0.3, -0.25) is 9.89 Å². The number of rotatable bonds is 4. The van der Waals surface area contributed by atoms with Crippen LogP contribution in [0.4, 0.5) is 0 Å². The molecule has 0 spiro atoms. The fraction of sp³-hybridized carbons (Fsp3) is 0.812. The number of piperidine rings is 1. The van der Waals surface area contributed by atoms with Crippen LogP contribution in [0.1, 0.15) is 50.3 Å². The third-order valence-corrected chi connectivity index (χ3v) is 4.97. The Morgan fingerprint density at radius 2 is 2.00 bits per heavy atom. The van der Waals surface area contributed by atoms with Crippen molar-refractivity contribution >= 4 is 5.91 Å². The van der Waals surface area contributed by atoms with Gasteiger partial charge in [0.15, 0.2) is 5.82 Å². The van der Waals surface area contributed by atoms with Crippen molar-refractivity contribution in [3.05, 3.63) is 11.6 Å². The number of carbonyl (C=O) groups excluding carboxylic acids is 1. The van der Waals surface area contributed by atoms with Gasteiger partial charge in [0, 0.05) is 25.2 Å². The maximum atomic E-state index is 12.5. The van der Waals surface area contributed by atoms with E-state index in [2.05, 4.69) is 25.4 Å². The molecule has 128 valence electrons. The Morgan fingerprint density at radius 3 is 2.61 bits per heavy atom. The van der Waals surface area contributed by atoms with Crippen molar-refractivity contribution in [2.24, 2.45) is 5.92 Å². The zero-order valence-corrected chi connectivity index (χ0v) is 14.0. The van der Waals surface area contributed by atoms with Gasteiger partial charge in [0.1, 0.15) is 5.82 Å². The van der Waals surface area contributed by atoms with E-state index in [4.69, 9.17) is 4.74 Å². The molecule has 0 saturated carbocycles. The zero-order valence-electron chi connectivity index (χ0n) is 14.0. The van der Waals surface area contributed by atoms with Crippen molar-refractivity contribution in [1.82, 2.24) is 25.4 Å². The number of aryl methyl sites for hydroxylation is 1. The quantitative estimate of drug-likeness (QED) is 0.870. The van der Waals surface area contributed by atoms with Crippen molar-refractivity contribution in [2.75, 3.05) is 26.3 Å². The smallest absolute Gasteiger partial charge is 0.223 e. The first kappa shape index (κ1) is 16.4. The molecular formula is C16H27N5O2. The van der Waals surface area contributed by atoms with Gasteiger partial charge in [-0.2, -0.15) is 5.10 Å². The third-order valence-electron chi connectivity index (χ3n) is 4.97. The van der Waals surface area contributed by atoms with Crippen LogP contribution < -0.4 is 5.32 Å². The number of hydrogen-bond acceptors (Lipinski definition) is 5. The standard InChI is InChI=1S/C16H27N5O2/c1-11(15-18-12(2)19-20-15)17-16(22)13-3-7-21(8-4-13)14-5-9-23-10-6-14/h11,13-14H,3-10H2,1-2H3,(H,17,22)(H,18,19,20)/t11-/m0/s1. The Labute approximate surface area is 137 Å². The van der Waals surface area contributed by atoms with E-state index in [-0.39, 0.29) is 17.9 Å². The van der Waals surface area contributed by atoms with E-state index in [1.165, 1.54) is 0 Å². The van der Waals surface area contributed by atoms with E-state index in [9.17, 15) is 4.79 Å². The highest BCUT2D eigenvalue weighted by Crippen LogP contribution is 2.24. The summed E-state index contributed by atoms with van der Waals surface area (Å²) in [4.78, 5) is 19.3. The number of nitrogens with one attached hydrogen (secondary N) is 2. The molecule has 7 nitrogen and oxygen atoms in total. The summed E-state index contributed by atoms with van der Waals surface area (Å²) >= 11 is 0. The molecule has 2 saturated heterocycles. The highest BCUT2D eigenvalue weighted by Gasteiger charge is 2.30. The minimum Gasteiger partial charge on any atom is -0.381 e. The third kappa shape index (κ3) is 4.09. The van der Waals surface area contributed by atoms with Crippen molar-refractivity contribution in [3.8, 4) is 0 Å². The Bertz CT molecular complexity index is 518. The lowest BCUT2D eigenvalue weighted by Crippen LogP contribution is -2.46. The SMILES string of the molecule is Cc1nc([C@H](C)NC(=O)C2CCN(C3CCOCC3)CC2)n[nH]1. The lowest BCUT2D eigenvalue weighted by atomic mass is 9.93. The summed E-state index contributed by atoms with van der Waals surface area (Å²) in [7, 11) is 0. The maximum absolute atomic E-state index is 12.5. The molecule has 1 atom stereocenters. The number of aromatic amines is 1. The summed E-state index contributed by atoms with van der Waals surface area (Å²) in [5.41, 5.74) is 0. The molecule has 3 heterocycles. The van der Waals surface area contributed by atoms with Gasteiger partial charge < -0.3 is 15.0 Å². The van der Waals surface area contributed by atoms with Gasteiger partial charge in [-0.05, 0) is 52.6 Å². The molecule has 0 radical (unpaired) electrons. The average Bonchev–Trinajstić information content (AvgIpc) is 3.02. The minimum atomic E-state index is -0.152. The number of carbonyl (C=O) groups is 1. The molecule has 0 unspecified atom stereocenters. The molecule has 0 aliphatic carbocycles. The summed E-state index contributed by atoms with van der Waals surface area (Å²) < 4.78 is 5.43. The zero-order chi connectivity index (χ0) is 16.2. The summed E-state index contributed by atoms with van der Waals surface area (Å²) in [6.45, 7) is 7.56. The van der Waals surface area contributed by atoms with Crippen LogP contribution in [0.3, 0.4) is 0 Å². The number of hydrogen-bond donors (Lipinski definition) is 2. The molecule has 7 heteroatoms. The number of amides is 1. The second-order valence-electron chi connectivity index (χ2n) is 6.66. The van der Waals surface area contributed by atoms with Crippen LogP contribution in [0.25, 0.3) is 0 Å². The van der Waals surface area contributed by atoms with Gasteiger partial charge in [0.25, 0.3) is 0 Å². The second kappa shape index (κ2) is 7.40.